The molecule has 2 aromatic rings. The van der Waals surface area contributed by atoms with Gasteiger partial charge in [0.2, 0.25) is 0 Å². The van der Waals surface area contributed by atoms with Gasteiger partial charge in [-0.1, -0.05) is 42.3 Å². The Morgan fingerprint density at radius 2 is 2.00 bits per heavy atom. The first kappa shape index (κ1) is 15.8. The maximum absolute atomic E-state index is 14.2. The Labute approximate surface area is 129 Å². The maximum atomic E-state index is 14.2. The van der Waals surface area contributed by atoms with Crippen molar-refractivity contribution in [2.45, 2.75) is 19.9 Å². The van der Waals surface area contributed by atoms with Gasteiger partial charge in [-0.3, -0.25) is 0 Å². The van der Waals surface area contributed by atoms with Crippen LogP contribution in [0.2, 0.25) is 5.02 Å². The lowest BCUT2D eigenvalue weighted by Gasteiger charge is -2.21. The summed E-state index contributed by atoms with van der Waals surface area (Å²) in [5.74, 6) is 0.366. The molecule has 0 aliphatic carbocycles. The molecule has 112 valence electrons. The van der Waals surface area contributed by atoms with E-state index in [1.54, 1.807) is 19.2 Å². The van der Waals surface area contributed by atoms with Gasteiger partial charge in [0.1, 0.15) is 11.6 Å². The highest BCUT2D eigenvalue weighted by Gasteiger charge is 2.18. The Bertz CT molecular complexity index is 630. The second-order valence-electron chi connectivity index (χ2n) is 4.91. The van der Waals surface area contributed by atoms with Gasteiger partial charge in [-0.2, -0.15) is 0 Å². The standard InChI is InChI=1S/C17H19ClFNO/c1-4-20-17(13-9-11(2)5-8-15(13)19)12-6-7-14(18)16(10-12)21-3/h5-10,17,20H,4H2,1-3H3. The number of methoxy groups -OCH3 is 1. The molecule has 0 bridgehead atoms. The first-order valence-electron chi connectivity index (χ1n) is 6.89. The molecule has 0 spiro atoms. The van der Waals surface area contributed by atoms with Gasteiger partial charge in [-0.15, -0.1) is 0 Å². The first-order valence-corrected chi connectivity index (χ1v) is 7.27. The van der Waals surface area contributed by atoms with Crippen LogP contribution in [0.1, 0.15) is 29.7 Å². The lowest BCUT2D eigenvalue weighted by molar-refractivity contribution is 0.413. The molecule has 2 aromatic carbocycles. The molecule has 4 heteroatoms. The number of ether oxygens (including phenoxy) is 1. The molecule has 1 N–H and O–H groups in total. The van der Waals surface area contributed by atoms with Crippen LogP contribution < -0.4 is 10.1 Å². The van der Waals surface area contributed by atoms with Crippen molar-refractivity contribution in [2.75, 3.05) is 13.7 Å². The smallest absolute Gasteiger partial charge is 0.137 e. The van der Waals surface area contributed by atoms with Crippen molar-refractivity contribution >= 4 is 11.6 Å². The summed E-state index contributed by atoms with van der Waals surface area (Å²) < 4.78 is 19.4. The first-order chi connectivity index (χ1) is 10.1. The minimum absolute atomic E-state index is 0.222. The van der Waals surface area contributed by atoms with E-state index in [1.165, 1.54) is 6.07 Å². The Kier molecular flexibility index (Phi) is 5.21. The zero-order valence-electron chi connectivity index (χ0n) is 12.4. The summed E-state index contributed by atoms with van der Waals surface area (Å²) in [6.07, 6.45) is 0. The molecule has 0 radical (unpaired) electrons. The predicted octanol–water partition coefficient (Wildman–Crippen LogP) is 4.50. The number of aryl methyl sites for hydroxylation is 1. The number of nitrogens with one attached hydrogen (secondary N) is 1. The van der Waals surface area contributed by atoms with Crippen molar-refractivity contribution in [1.82, 2.24) is 5.32 Å². The number of hydrogen-bond acceptors (Lipinski definition) is 2. The molecule has 0 aromatic heterocycles. The summed E-state index contributed by atoms with van der Waals surface area (Å²) >= 11 is 6.06. The Hall–Kier alpha value is -1.58. The van der Waals surface area contributed by atoms with Gasteiger partial charge < -0.3 is 10.1 Å². The number of hydrogen-bond donors (Lipinski definition) is 1. The molecule has 0 amide bonds. The van der Waals surface area contributed by atoms with E-state index in [0.717, 1.165) is 17.7 Å². The van der Waals surface area contributed by atoms with E-state index in [0.29, 0.717) is 16.3 Å². The summed E-state index contributed by atoms with van der Waals surface area (Å²) in [6, 6.07) is 10.4. The van der Waals surface area contributed by atoms with Crippen LogP contribution in [0.4, 0.5) is 4.39 Å². The summed E-state index contributed by atoms with van der Waals surface area (Å²) in [5, 5.41) is 3.86. The highest BCUT2D eigenvalue weighted by molar-refractivity contribution is 6.32. The molecule has 0 aliphatic heterocycles. The Morgan fingerprint density at radius 1 is 1.24 bits per heavy atom. The molecule has 1 atom stereocenters. The lowest BCUT2D eigenvalue weighted by Crippen LogP contribution is -2.23. The summed E-state index contributed by atoms with van der Waals surface area (Å²) in [5.41, 5.74) is 2.57. The van der Waals surface area contributed by atoms with Crippen LogP contribution in [0.25, 0.3) is 0 Å². The molecule has 2 nitrogen and oxygen atoms in total. The van der Waals surface area contributed by atoms with Crippen molar-refractivity contribution in [3.8, 4) is 5.75 Å². The van der Waals surface area contributed by atoms with E-state index in [9.17, 15) is 4.39 Å². The summed E-state index contributed by atoms with van der Waals surface area (Å²) in [7, 11) is 1.57. The van der Waals surface area contributed by atoms with Crippen molar-refractivity contribution in [2.24, 2.45) is 0 Å². The van der Waals surface area contributed by atoms with Gasteiger partial charge in [0.15, 0.2) is 0 Å². The van der Waals surface area contributed by atoms with E-state index in [1.807, 2.05) is 32.0 Å². The third-order valence-electron chi connectivity index (χ3n) is 3.38. The van der Waals surface area contributed by atoms with Crippen LogP contribution in [0.3, 0.4) is 0 Å². The Morgan fingerprint density at radius 3 is 2.67 bits per heavy atom. The molecule has 0 fully saturated rings. The van der Waals surface area contributed by atoms with E-state index in [-0.39, 0.29) is 11.9 Å². The highest BCUT2D eigenvalue weighted by atomic mass is 35.5. The van der Waals surface area contributed by atoms with E-state index in [4.69, 9.17) is 16.3 Å². The highest BCUT2D eigenvalue weighted by Crippen LogP contribution is 2.31. The summed E-state index contributed by atoms with van der Waals surface area (Å²) in [4.78, 5) is 0. The zero-order chi connectivity index (χ0) is 15.4. The van der Waals surface area contributed by atoms with Crippen molar-refractivity contribution in [1.29, 1.82) is 0 Å². The van der Waals surface area contributed by atoms with E-state index in [2.05, 4.69) is 5.32 Å². The van der Waals surface area contributed by atoms with Crippen LogP contribution >= 0.6 is 11.6 Å². The van der Waals surface area contributed by atoms with Crippen LogP contribution in [-0.2, 0) is 0 Å². The second kappa shape index (κ2) is 6.92. The van der Waals surface area contributed by atoms with Crippen LogP contribution in [0.5, 0.6) is 5.75 Å². The van der Waals surface area contributed by atoms with Crippen LogP contribution in [-0.4, -0.2) is 13.7 Å². The quantitative estimate of drug-likeness (QED) is 0.878. The van der Waals surface area contributed by atoms with Gasteiger partial charge in [0.05, 0.1) is 18.2 Å². The zero-order valence-corrected chi connectivity index (χ0v) is 13.2. The Balaban J connectivity index is 2.50. The molecular weight excluding hydrogens is 289 g/mol. The minimum Gasteiger partial charge on any atom is -0.495 e. The fourth-order valence-electron chi connectivity index (χ4n) is 2.35. The predicted molar refractivity (Wildman–Crippen MR) is 84.7 cm³/mol. The van der Waals surface area contributed by atoms with Crippen LogP contribution in [0.15, 0.2) is 36.4 Å². The normalized spacial score (nSPS) is 12.2. The van der Waals surface area contributed by atoms with Crippen LogP contribution in [0, 0.1) is 12.7 Å². The minimum atomic E-state index is -0.235. The topological polar surface area (TPSA) is 21.3 Å². The van der Waals surface area contributed by atoms with Gasteiger partial charge in [-0.25, -0.2) is 4.39 Å². The fourth-order valence-corrected chi connectivity index (χ4v) is 2.55. The fraction of sp³-hybridized carbons (Fsp3) is 0.294. The van der Waals surface area contributed by atoms with Gasteiger partial charge in [0.25, 0.3) is 0 Å². The van der Waals surface area contributed by atoms with Gasteiger partial charge >= 0.3 is 0 Å². The third-order valence-corrected chi connectivity index (χ3v) is 3.69. The van der Waals surface area contributed by atoms with E-state index < -0.39 is 0 Å². The molecule has 0 aliphatic rings. The third kappa shape index (κ3) is 3.55. The molecule has 0 saturated heterocycles. The second-order valence-corrected chi connectivity index (χ2v) is 5.32. The average Bonchev–Trinajstić information content (AvgIpc) is 2.48. The number of halogens is 2. The van der Waals surface area contributed by atoms with Crippen molar-refractivity contribution in [3.05, 3.63) is 63.9 Å². The molecule has 2 rings (SSSR count). The molecule has 0 heterocycles. The SMILES string of the molecule is CCNC(c1ccc(Cl)c(OC)c1)c1cc(C)ccc1F. The molecule has 1 unspecified atom stereocenters. The summed E-state index contributed by atoms with van der Waals surface area (Å²) in [6.45, 7) is 4.67. The number of rotatable bonds is 5. The molecule has 0 saturated carbocycles. The van der Waals surface area contributed by atoms with E-state index >= 15 is 0 Å². The van der Waals surface area contributed by atoms with Gasteiger partial charge in [0, 0.05) is 5.56 Å². The lowest BCUT2D eigenvalue weighted by atomic mass is 9.96. The number of benzene rings is 2. The monoisotopic (exact) mass is 307 g/mol. The van der Waals surface area contributed by atoms with Gasteiger partial charge in [-0.05, 0) is 37.2 Å². The van der Waals surface area contributed by atoms with Crippen molar-refractivity contribution in [3.63, 3.8) is 0 Å². The molecular formula is C17H19ClFNO. The molecule has 21 heavy (non-hydrogen) atoms. The largest absolute Gasteiger partial charge is 0.495 e. The van der Waals surface area contributed by atoms with Crippen molar-refractivity contribution < 1.29 is 9.13 Å². The average molecular weight is 308 g/mol. The maximum Gasteiger partial charge on any atom is 0.137 e.